The summed E-state index contributed by atoms with van der Waals surface area (Å²) in [7, 11) is 1.20. The summed E-state index contributed by atoms with van der Waals surface area (Å²) < 4.78 is 10.00. The second kappa shape index (κ2) is 12.7. The third kappa shape index (κ3) is 7.56. The molecule has 2 N–H and O–H groups in total. The Kier molecular flexibility index (Phi) is 9.41. The van der Waals surface area contributed by atoms with Crippen molar-refractivity contribution in [1.29, 1.82) is 0 Å². The molecule has 1 saturated heterocycles. The first-order valence-corrected chi connectivity index (χ1v) is 11.2. The van der Waals surface area contributed by atoms with Crippen LogP contribution in [0.1, 0.15) is 34.0 Å². The first-order valence-electron chi connectivity index (χ1n) is 11.2. The van der Waals surface area contributed by atoms with Gasteiger partial charge in [0, 0.05) is 30.8 Å². The van der Waals surface area contributed by atoms with Crippen molar-refractivity contribution in [2.45, 2.75) is 25.6 Å². The molecule has 7 nitrogen and oxygen atoms in total. The van der Waals surface area contributed by atoms with Gasteiger partial charge >= 0.3 is 5.97 Å². The highest BCUT2D eigenvalue weighted by molar-refractivity contribution is 5.97. The summed E-state index contributed by atoms with van der Waals surface area (Å²) in [6, 6.07) is 14.0. The minimum Gasteiger partial charge on any atom is -0.467 e. The van der Waals surface area contributed by atoms with Crippen molar-refractivity contribution in [3.05, 3.63) is 76.9 Å². The van der Waals surface area contributed by atoms with Crippen molar-refractivity contribution < 1.29 is 24.2 Å². The number of methoxy groups -OCH3 is 1. The highest BCUT2D eigenvalue weighted by Crippen LogP contribution is 2.10. The van der Waals surface area contributed by atoms with Gasteiger partial charge in [-0.15, -0.1) is 0 Å². The van der Waals surface area contributed by atoms with E-state index in [1.807, 2.05) is 6.08 Å². The molecule has 1 heterocycles. The van der Waals surface area contributed by atoms with E-state index in [0.717, 1.165) is 44.0 Å². The van der Waals surface area contributed by atoms with E-state index in [4.69, 9.17) is 4.74 Å². The summed E-state index contributed by atoms with van der Waals surface area (Å²) >= 11 is 0. The topological polar surface area (TPSA) is 88.1 Å². The van der Waals surface area contributed by atoms with Gasteiger partial charge in [0.15, 0.2) is 6.04 Å². The lowest BCUT2D eigenvalue weighted by molar-refractivity contribution is -0.145. The number of esters is 1. The number of carbonyl (C=O) groups is 2. The molecule has 2 aromatic rings. The van der Waals surface area contributed by atoms with Crippen molar-refractivity contribution in [3.63, 3.8) is 0 Å². The van der Waals surface area contributed by atoms with E-state index in [9.17, 15) is 14.7 Å². The van der Waals surface area contributed by atoms with E-state index < -0.39 is 24.0 Å². The van der Waals surface area contributed by atoms with Crippen molar-refractivity contribution in [2.75, 3.05) is 33.4 Å². The number of aliphatic hydroxyl groups is 1. The fourth-order valence-corrected chi connectivity index (χ4v) is 3.45. The molecule has 1 amide bonds. The van der Waals surface area contributed by atoms with E-state index in [0.29, 0.717) is 5.56 Å². The van der Waals surface area contributed by atoms with Crippen LogP contribution in [0.4, 0.5) is 0 Å². The molecule has 3 rings (SSSR count). The molecule has 0 bridgehead atoms. The molecule has 2 aromatic carbocycles. The van der Waals surface area contributed by atoms with Crippen LogP contribution in [-0.4, -0.2) is 67.4 Å². The Morgan fingerprint density at radius 2 is 1.82 bits per heavy atom. The molecule has 0 saturated carbocycles. The molecule has 178 valence electrons. The van der Waals surface area contributed by atoms with Crippen molar-refractivity contribution in [1.82, 2.24) is 10.2 Å². The van der Waals surface area contributed by atoms with E-state index in [-0.39, 0.29) is 0 Å². The van der Waals surface area contributed by atoms with Gasteiger partial charge in [-0.1, -0.05) is 36.1 Å². The number of morpholine rings is 1. The Hall–Kier alpha value is -3.44. The highest BCUT2D eigenvalue weighted by Gasteiger charge is 2.26. The summed E-state index contributed by atoms with van der Waals surface area (Å²) in [5, 5.41) is 12.2. The molecule has 0 spiro atoms. The van der Waals surface area contributed by atoms with Gasteiger partial charge in [0.2, 0.25) is 0 Å². The van der Waals surface area contributed by atoms with Crippen LogP contribution in [0.15, 0.2) is 54.6 Å². The molecule has 2 atom stereocenters. The molecular formula is C27H30N2O5. The van der Waals surface area contributed by atoms with E-state index >= 15 is 0 Å². The minimum atomic E-state index is -1.13. The van der Waals surface area contributed by atoms with Gasteiger partial charge in [0.25, 0.3) is 5.91 Å². The zero-order valence-electron chi connectivity index (χ0n) is 19.5. The smallest absolute Gasteiger partial charge is 0.331 e. The predicted molar refractivity (Wildman–Crippen MR) is 130 cm³/mol. The summed E-state index contributed by atoms with van der Waals surface area (Å²) in [6.07, 6.45) is 2.67. The number of hydrogen-bond donors (Lipinski definition) is 2. The van der Waals surface area contributed by atoms with Gasteiger partial charge in [0.1, 0.15) is 0 Å². The molecule has 7 heteroatoms. The van der Waals surface area contributed by atoms with Crippen LogP contribution in [0.2, 0.25) is 0 Å². The minimum absolute atomic E-state index is 0.354. The lowest BCUT2D eigenvalue weighted by atomic mass is 10.1. The number of nitrogens with zero attached hydrogens (tertiary/aromatic N) is 1. The molecule has 1 fully saturated rings. The van der Waals surface area contributed by atoms with Crippen LogP contribution in [0.25, 0.3) is 6.08 Å². The Bertz CT molecular complexity index is 1040. The van der Waals surface area contributed by atoms with Crippen LogP contribution in [-0.2, 0) is 20.8 Å². The number of carbonyl (C=O) groups excluding carboxylic acids is 2. The third-order valence-electron chi connectivity index (χ3n) is 5.44. The standard InChI is InChI=1S/C27H30N2O5/c1-20(30)25(27(32)33-2)28-26(31)24-13-11-22(12-14-24)6-4-3-5-21-7-9-23(10-8-21)19-29-15-17-34-18-16-29/h3,5,7-14,20,25,30H,15-19H2,1-2H3,(H,28,31)/b5-3-/t20-,25+/m1/s1. The molecule has 0 radical (unpaired) electrons. The molecule has 1 aliphatic rings. The Morgan fingerprint density at radius 1 is 1.15 bits per heavy atom. The maximum Gasteiger partial charge on any atom is 0.331 e. The van der Waals surface area contributed by atoms with Crippen LogP contribution in [0.3, 0.4) is 0 Å². The molecule has 1 aliphatic heterocycles. The van der Waals surface area contributed by atoms with E-state index in [1.54, 1.807) is 30.3 Å². The van der Waals surface area contributed by atoms with Gasteiger partial charge in [-0.05, 0) is 54.5 Å². The number of nitrogens with one attached hydrogen (secondary N) is 1. The summed E-state index contributed by atoms with van der Waals surface area (Å²) in [4.78, 5) is 26.4. The van der Waals surface area contributed by atoms with Gasteiger partial charge < -0.3 is 19.9 Å². The second-order valence-corrected chi connectivity index (χ2v) is 8.03. The van der Waals surface area contributed by atoms with Gasteiger partial charge in [-0.3, -0.25) is 9.69 Å². The zero-order valence-corrected chi connectivity index (χ0v) is 19.5. The van der Waals surface area contributed by atoms with Crippen molar-refractivity contribution in [3.8, 4) is 11.8 Å². The third-order valence-corrected chi connectivity index (χ3v) is 5.44. The lowest BCUT2D eigenvalue weighted by Gasteiger charge is -2.26. The zero-order chi connectivity index (χ0) is 24.3. The van der Waals surface area contributed by atoms with Crippen LogP contribution in [0, 0.1) is 11.8 Å². The second-order valence-electron chi connectivity index (χ2n) is 8.03. The Balaban J connectivity index is 1.53. The van der Waals surface area contributed by atoms with Crippen LogP contribution < -0.4 is 5.32 Å². The summed E-state index contributed by atoms with van der Waals surface area (Å²) in [5.74, 6) is 4.85. The number of benzene rings is 2. The van der Waals surface area contributed by atoms with Crippen LogP contribution in [0.5, 0.6) is 0 Å². The quantitative estimate of drug-likeness (QED) is 0.485. The SMILES string of the molecule is COC(=O)[C@@H](NC(=O)c1ccc(C#C/C=C\c2ccc(CN3CCOCC3)cc2)cc1)[C@@H](C)O. The lowest BCUT2D eigenvalue weighted by Crippen LogP contribution is -2.48. The maximum absolute atomic E-state index is 12.4. The average molecular weight is 463 g/mol. The van der Waals surface area contributed by atoms with Gasteiger partial charge in [0.05, 0.1) is 26.4 Å². The number of aliphatic hydroxyl groups excluding tert-OH is 1. The van der Waals surface area contributed by atoms with E-state index in [1.165, 1.54) is 19.6 Å². The molecular weight excluding hydrogens is 432 g/mol. The molecule has 0 aliphatic carbocycles. The van der Waals surface area contributed by atoms with Crippen molar-refractivity contribution >= 4 is 18.0 Å². The fraction of sp³-hybridized carbons (Fsp3) is 0.333. The average Bonchev–Trinajstić information content (AvgIpc) is 2.86. The number of allylic oxidation sites excluding steroid dienone is 1. The number of rotatable bonds is 7. The predicted octanol–water partition coefficient (Wildman–Crippen LogP) is 2.24. The number of hydrogen-bond acceptors (Lipinski definition) is 6. The number of ether oxygens (including phenoxy) is 2. The van der Waals surface area contributed by atoms with Crippen molar-refractivity contribution in [2.24, 2.45) is 0 Å². The normalized spacial score (nSPS) is 15.7. The Labute approximate surface area is 200 Å². The van der Waals surface area contributed by atoms with Crippen LogP contribution >= 0.6 is 0 Å². The monoisotopic (exact) mass is 462 g/mol. The Morgan fingerprint density at radius 3 is 2.44 bits per heavy atom. The number of amides is 1. The summed E-state index contributed by atoms with van der Waals surface area (Å²) in [6.45, 7) is 5.89. The maximum atomic E-state index is 12.4. The highest BCUT2D eigenvalue weighted by atomic mass is 16.5. The first-order chi connectivity index (χ1) is 16.5. The molecule has 34 heavy (non-hydrogen) atoms. The molecule has 0 aromatic heterocycles. The summed E-state index contributed by atoms with van der Waals surface area (Å²) in [5.41, 5.74) is 3.46. The first kappa shape index (κ1) is 25.2. The molecule has 0 unspecified atom stereocenters. The van der Waals surface area contributed by atoms with Gasteiger partial charge in [-0.2, -0.15) is 0 Å². The van der Waals surface area contributed by atoms with Gasteiger partial charge in [-0.25, -0.2) is 4.79 Å². The van der Waals surface area contributed by atoms with E-state index in [2.05, 4.69) is 51.1 Å². The largest absolute Gasteiger partial charge is 0.467 e. The fourth-order valence-electron chi connectivity index (χ4n) is 3.45.